The number of pyridine rings is 1. The van der Waals surface area contributed by atoms with Gasteiger partial charge in [0.15, 0.2) is 0 Å². The maximum Gasteiger partial charge on any atom is 0.225 e. The molecule has 5 rings (SSSR count). The zero-order valence-electron chi connectivity index (χ0n) is 22.2. The molecule has 35 heavy (non-hydrogen) atoms. The number of aryl methyl sites for hydroxylation is 1. The van der Waals surface area contributed by atoms with Gasteiger partial charge in [0.2, 0.25) is 5.91 Å². The van der Waals surface area contributed by atoms with E-state index in [1.165, 1.54) is 25.7 Å². The fourth-order valence-electron chi connectivity index (χ4n) is 8.29. The highest BCUT2D eigenvalue weighted by Gasteiger charge is 2.58. The summed E-state index contributed by atoms with van der Waals surface area (Å²) in [6.07, 6.45) is 11.3. The SMILES string of the molecule is CC1=C(CCCC(=O)Nc2ccc3c(ccn3C)n2)C2CCC3C(C)(C)[C@@H](O)CC[C@]3(C)C2CC1. The summed E-state index contributed by atoms with van der Waals surface area (Å²) in [6.45, 7) is 9.46. The highest BCUT2D eigenvalue weighted by molar-refractivity contribution is 5.91. The molecule has 1 amide bonds. The van der Waals surface area contributed by atoms with Gasteiger partial charge in [-0.3, -0.25) is 4.79 Å². The minimum absolute atomic E-state index is 0.00320. The van der Waals surface area contributed by atoms with Gasteiger partial charge in [0.05, 0.1) is 17.1 Å². The van der Waals surface area contributed by atoms with E-state index in [1.54, 1.807) is 11.1 Å². The molecule has 3 aliphatic carbocycles. The molecule has 5 atom stereocenters. The number of fused-ring (bicyclic) bond motifs is 4. The molecule has 0 bridgehead atoms. The Morgan fingerprint density at radius 2 is 1.97 bits per heavy atom. The van der Waals surface area contributed by atoms with Gasteiger partial charge in [0.1, 0.15) is 5.82 Å². The first-order chi connectivity index (χ1) is 16.6. The third-order valence-corrected chi connectivity index (χ3v) is 10.3. The molecule has 5 nitrogen and oxygen atoms in total. The van der Waals surface area contributed by atoms with Gasteiger partial charge in [-0.05, 0) is 105 Å². The summed E-state index contributed by atoms with van der Waals surface area (Å²) in [5.74, 6) is 2.65. The Morgan fingerprint density at radius 3 is 2.77 bits per heavy atom. The maximum absolute atomic E-state index is 12.7. The van der Waals surface area contributed by atoms with Crippen molar-refractivity contribution < 1.29 is 9.90 Å². The first kappa shape index (κ1) is 24.5. The number of aromatic nitrogens is 2. The highest BCUT2D eigenvalue weighted by Crippen LogP contribution is 2.64. The van der Waals surface area contributed by atoms with E-state index in [0.29, 0.717) is 35.4 Å². The van der Waals surface area contributed by atoms with E-state index in [4.69, 9.17) is 0 Å². The predicted octanol–water partition coefficient (Wildman–Crippen LogP) is 6.62. The normalized spacial score (nSPS) is 32.3. The first-order valence-electron chi connectivity index (χ1n) is 13.7. The third-order valence-electron chi connectivity index (χ3n) is 10.3. The molecule has 2 fully saturated rings. The Balaban J connectivity index is 1.22. The summed E-state index contributed by atoms with van der Waals surface area (Å²) in [4.78, 5) is 17.3. The number of allylic oxidation sites excluding steroid dienone is 2. The second kappa shape index (κ2) is 9.06. The molecule has 0 aliphatic heterocycles. The molecular formula is C30H43N3O2. The summed E-state index contributed by atoms with van der Waals surface area (Å²) >= 11 is 0. The summed E-state index contributed by atoms with van der Waals surface area (Å²) in [7, 11) is 2.00. The molecule has 2 heterocycles. The summed E-state index contributed by atoms with van der Waals surface area (Å²) in [5, 5.41) is 13.8. The lowest BCUT2D eigenvalue weighted by Gasteiger charge is -2.62. The first-order valence-corrected chi connectivity index (χ1v) is 13.7. The Hall–Kier alpha value is -2.14. The number of carbonyl (C=O) groups excluding carboxylic acids is 1. The molecule has 2 aromatic heterocycles. The van der Waals surface area contributed by atoms with Gasteiger partial charge in [-0.2, -0.15) is 0 Å². The minimum atomic E-state index is -0.173. The van der Waals surface area contributed by atoms with Crippen LogP contribution in [0.2, 0.25) is 0 Å². The third kappa shape index (κ3) is 4.24. The fourth-order valence-corrected chi connectivity index (χ4v) is 8.29. The van der Waals surface area contributed by atoms with Crippen LogP contribution in [0.1, 0.15) is 85.5 Å². The largest absolute Gasteiger partial charge is 0.393 e. The summed E-state index contributed by atoms with van der Waals surface area (Å²) in [6, 6.07) is 5.88. The fraction of sp³-hybridized carbons (Fsp3) is 0.667. The second-order valence-electron chi connectivity index (χ2n) is 12.5. The molecular weight excluding hydrogens is 434 g/mol. The lowest BCUT2D eigenvalue weighted by Crippen LogP contribution is -2.56. The van der Waals surface area contributed by atoms with Crippen molar-refractivity contribution in [2.24, 2.45) is 35.6 Å². The van der Waals surface area contributed by atoms with Crippen LogP contribution in [0.3, 0.4) is 0 Å². The molecule has 190 valence electrons. The van der Waals surface area contributed by atoms with Crippen LogP contribution in [0.4, 0.5) is 5.82 Å². The van der Waals surface area contributed by atoms with Crippen LogP contribution in [0.5, 0.6) is 0 Å². The van der Waals surface area contributed by atoms with Gasteiger partial charge in [0.25, 0.3) is 0 Å². The number of aliphatic hydroxyl groups is 1. The lowest BCUT2D eigenvalue weighted by molar-refractivity contribution is -0.149. The van der Waals surface area contributed by atoms with Crippen LogP contribution in [0, 0.1) is 28.6 Å². The average Bonchev–Trinajstić information content (AvgIpc) is 3.18. The quantitative estimate of drug-likeness (QED) is 0.475. The van der Waals surface area contributed by atoms with Crippen LogP contribution in [0.25, 0.3) is 11.0 Å². The molecule has 0 aromatic carbocycles. The van der Waals surface area contributed by atoms with Gasteiger partial charge in [-0.1, -0.05) is 31.9 Å². The van der Waals surface area contributed by atoms with Crippen LogP contribution in [-0.2, 0) is 11.8 Å². The topological polar surface area (TPSA) is 67.2 Å². The van der Waals surface area contributed by atoms with E-state index in [1.807, 2.05) is 36.0 Å². The molecule has 2 saturated carbocycles. The average molecular weight is 478 g/mol. The number of nitrogens with zero attached hydrogens (tertiary/aromatic N) is 2. The number of carbonyl (C=O) groups is 1. The number of hydrogen-bond donors (Lipinski definition) is 2. The van der Waals surface area contributed by atoms with Crippen molar-refractivity contribution in [3.63, 3.8) is 0 Å². The van der Waals surface area contributed by atoms with Gasteiger partial charge in [0, 0.05) is 19.7 Å². The van der Waals surface area contributed by atoms with E-state index in [-0.39, 0.29) is 17.4 Å². The van der Waals surface area contributed by atoms with E-state index < -0.39 is 0 Å². The van der Waals surface area contributed by atoms with E-state index in [0.717, 1.165) is 36.7 Å². The van der Waals surface area contributed by atoms with Crippen LogP contribution >= 0.6 is 0 Å². The maximum atomic E-state index is 12.7. The number of rotatable bonds is 5. The number of anilines is 1. The lowest BCUT2D eigenvalue weighted by atomic mass is 9.43. The van der Waals surface area contributed by atoms with Gasteiger partial charge >= 0.3 is 0 Å². The molecule has 2 N–H and O–H groups in total. The van der Waals surface area contributed by atoms with Gasteiger partial charge in [-0.25, -0.2) is 4.98 Å². The number of aliphatic hydroxyl groups excluding tert-OH is 1. The van der Waals surface area contributed by atoms with Crippen molar-refractivity contribution >= 4 is 22.8 Å². The van der Waals surface area contributed by atoms with Crippen molar-refractivity contribution in [1.82, 2.24) is 9.55 Å². The monoisotopic (exact) mass is 477 g/mol. The highest BCUT2D eigenvalue weighted by atomic mass is 16.3. The predicted molar refractivity (Wildman–Crippen MR) is 142 cm³/mol. The van der Waals surface area contributed by atoms with Crippen molar-refractivity contribution in [2.45, 2.75) is 91.6 Å². The zero-order valence-corrected chi connectivity index (χ0v) is 22.2. The van der Waals surface area contributed by atoms with E-state index >= 15 is 0 Å². The Labute approximate surface area is 210 Å². The van der Waals surface area contributed by atoms with Crippen molar-refractivity contribution in [3.05, 3.63) is 35.5 Å². The van der Waals surface area contributed by atoms with Crippen molar-refractivity contribution in [2.75, 3.05) is 5.32 Å². The van der Waals surface area contributed by atoms with Gasteiger partial charge < -0.3 is 15.0 Å². The Bertz CT molecular complexity index is 1150. The standard InChI is InChI=1S/C30H43N3O2/c1-19-9-11-22-21(10-13-25-29(2,3)26(34)15-17-30(22,25)4)20(19)7-6-8-28(35)32-27-14-12-24-23(31-27)16-18-33(24)5/h12,14,16,18,21-22,25-26,34H,6-11,13,15,17H2,1-5H3,(H,31,32,35)/t21?,22?,25?,26-,30+/m0/s1. The molecule has 3 unspecified atom stereocenters. The van der Waals surface area contributed by atoms with E-state index in [2.05, 4.69) is 38.0 Å². The van der Waals surface area contributed by atoms with Gasteiger partial charge in [-0.15, -0.1) is 0 Å². The Kier molecular flexibility index (Phi) is 6.36. The summed E-state index contributed by atoms with van der Waals surface area (Å²) in [5.41, 5.74) is 5.50. The minimum Gasteiger partial charge on any atom is -0.393 e. The molecule has 2 aromatic rings. The smallest absolute Gasteiger partial charge is 0.225 e. The Morgan fingerprint density at radius 1 is 1.17 bits per heavy atom. The van der Waals surface area contributed by atoms with Crippen molar-refractivity contribution in [1.29, 1.82) is 0 Å². The van der Waals surface area contributed by atoms with Crippen LogP contribution < -0.4 is 5.32 Å². The van der Waals surface area contributed by atoms with Crippen LogP contribution in [-0.4, -0.2) is 26.7 Å². The number of nitrogens with one attached hydrogen (secondary N) is 1. The van der Waals surface area contributed by atoms with Crippen LogP contribution in [0.15, 0.2) is 35.5 Å². The zero-order chi connectivity index (χ0) is 25.0. The number of hydrogen-bond acceptors (Lipinski definition) is 3. The molecule has 0 saturated heterocycles. The van der Waals surface area contributed by atoms with E-state index in [9.17, 15) is 9.90 Å². The molecule has 0 spiro atoms. The molecule has 3 aliphatic rings. The second-order valence-corrected chi connectivity index (χ2v) is 12.5. The molecule has 5 heteroatoms. The van der Waals surface area contributed by atoms with Crippen molar-refractivity contribution in [3.8, 4) is 0 Å². The molecule has 0 radical (unpaired) electrons. The number of amides is 1. The summed E-state index contributed by atoms with van der Waals surface area (Å²) < 4.78 is 2.03.